The van der Waals surface area contributed by atoms with Gasteiger partial charge in [-0.15, -0.1) is 0 Å². The number of hydrogen-bond acceptors (Lipinski definition) is 4. The number of nitro benzene ring substituents is 1. The summed E-state index contributed by atoms with van der Waals surface area (Å²) in [6.07, 6.45) is 1.95. The maximum atomic E-state index is 12.0. The highest BCUT2D eigenvalue weighted by Crippen LogP contribution is 2.27. The van der Waals surface area contributed by atoms with Crippen molar-refractivity contribution in [3.63, 3.8) is 0 Å². The predicted octanol–water partition coefficient (Wildman–Crippen LogP) is 3.00. The molecule has 0 radical (unpaired) electrons. The zero-order chi connectivity index (χ0) is 16.0. The van der Waals surface area contributed by atoms with Gasteiger partial charge in [0.15, 0.2) is 0 Å². The summed E-state index contributed by atoms with van der Waals surface area (Å²) in [6, 6.07) is 4.44. The predicted molar refractivity (Wildman–Crippen MR) is 83.1 cm³/mol. The van der Waals surface area contributed by atoms with Gasteiger partial charge in [0.25, 0.3) is 5.69 Å². The fourth-order valence-corrected chi connectivity index (χ4v) is 2.04. The third kappa shape index (κ3) is 5.51. The number of aryl methyl sites for hydroxylation is 1. The molecule has 0 fully saturated rings. The molecule has 0 atom stereocenters. The van der Waals surface area contributed by atoms with Crippen LogP contribution < -0.4 is 11.1 Å². The molecule has 0 saturated heterocycles. The molecule has 0 aliphatic rings. The summed E-state index contributed by atoms with van der Waals surface area (Å²) in [5, 5.41) is 13.5. The Morgan fingerprint density at radius 3 is 2.62 bits per heavy atom. The number of nitrogens with two attached hydrogens (primary N) is 1. The first-order valence-electron chi connectivity index (χ1n) is 7.00. The number of amides is 1. The zero-order valence-electron chi connectivity index (χ0n) is 12.8. The average Bonchev–Trinajstić information content (AvgIpc) is 2.39. The molecule has 0 aliphatic heterocycles. The molecule has 3 N–H and O–H groups in total. The lowest BCUT2D eigenvalue weighted by molar-refractivity contribution is -0.384. The molecule has 21 heavy (non-hydrogen) atoms. The van der Waals surface area contributed by atoms with Crippen molar-refractivity contribution in [3.05, 3.63) is 33.9 Å². The number of non-ortho nitro benzene ring substituents is 1. The number of carbonyl (C=O) groups excluding carboxylic acids is 1. The highest BCUT2D eigenvalue weighted by molar-refractivity contribution is 5.91. The molecule has 1 aromatic carbocycles. The Labute approximate surface area is 124 Å². The van der Waals surface area contributed by atoms with E-state index in [2.05, 4.69) is 19.2 Å². The topological polar surface area (TPSA) is 98.3 Å². The van der Waals surface area contributed by atoms with Crippen LogP contribution in [0.25, 0.3) is 0 Å². The Bertz CT molecular complexity index is 527. The molecule has 0 saturated carbocycles. The van der Waals surface area contributed by atoms with E-state index in [0.717, 1.165) is 18.4 Å². The second kappa shape index (κ2) is 7.17. The fraction of sp³-hybridized carbons (Fsp3) is 0.533. The van der Waals surface area contributed by atoms with Gasteiger partial charge >= 0.3 is 0 Å². The number of nitro groups is 1. The molecule has 6 heteroatoms. The van der Waals surface area contributed by atoms with E-state index in [4.69, 9.17) is 5.73 Å². The molecule has 0 unspecified atom stereocenters. The summed E-state index contributed by atoms with van der Waals surface area (Å²) in [6.45, 7) is 6.55. The standard InChI is InChI=1S/C15H23N3O3/c1-11-4-5-12(18(20)21)10-13(11)17-14(19)6-7-15(2,3)8-9-16/h4-5,10H,6-9,16H2,1-3H3,(H,17,19). The van der Waals surface area contributed by atoms with Crippen LogP contribution in [0, 0.1) is 22.5 Å². The van der Waals surface area contributed by atoms with Crippen LogP contribution in [0.2, 0.25) is 0 Å². The van der Waals surface area contributed by atoms with Gasteiger partial charge in [0.05, 0.1) is 10.6 Å². The Kier molecular flexibility index (Phi) is 5.84. The average molecular weight is 293 g/mol. The molecular formula is C15H23N3O3. The van der Waals surface area contributed by atoms with Crippen LogP contribution >= 0.6 is 0 Å². The van der Waals surface area contributed by atoms with Crippen LogP contribution in [0.5, 0.6) is 0 Å². The monoisotopic (exact) mass is 293 g/mol. The maximum absolute atomic E-state index is 12.0. The minimum atomic E-state index is -0.473. The van der Waals surface area contributed by atoms with Gasteiger partial charge < -0.3 is 11.1 Å². The third-order valence-corrected chi connectivity index (χ3v) is 3.56. The van der Waals surface area contributed by atoms with Crippen molar-refractivity contribution < 1.29 is 9.72 Å². The van der Waals surface area contributed by atoms with Gasteiger partial charge in [-0.2, -0.15) is 0 Å². The van der Waals surface area contributed by atoms with Crippen LogP contribution in [-0.2, 0) is 4.79 Å². The van der Waals surface area contributed by atoms with E-state index >= 15 is 0 Å². The van der Waals surface area contributed by atoms with Crippen molar-refractivity contribution in [1.29, 1.82) is 0 Å². The van der Waals surface area contributed by atoms with Gasteiger partial charge in [-0.3, -0.25) is 14.9 Å². The molecule has 6 nitrogen and oxygen atoms in total. The second-order valence-electron chi connectivity index (χ2n) is 6.01. The quantitative estimate of drug-likeness (QED) is 0.596. The molecule has 1 aromatic rings. The Balaban J connectivity index is 2.67. The van der Waals surface area contributed by atoms with Crippen molar-refractivity contribution in [1.82, 2.24) is 0 Å². The Hall–Kier alpha value is -1.95. The number of hydrogen-bond donors (Lipinski definition) is 2. The Morgan fingerprint density at radius 2 is 2.05 bits per heavy atom. The second-order valence-corrected chi connectivity index (χ2v) is 6.01. The highest BCUT2D eigenvalue weighted by atomic mass is 16.6. The van der Waals surface area contributed by atoms with E-state index in [1.807, 2.05) is 0 Å². The third-order valence-electron chi connectivity index (χ3n) is 3.56. The number of rotatable bonds is 7. The largest absolute Gasteiger partial charge is 0.330 e. The van der Waals surface area contributed by atoms with E-state index in [9.17, 15) is 14.9 Å². The van der Waals surface area contributed by atoms with Crippen molar-refractivity contribution in [2.75, 3.05) is 11.9 Å². The smallest absolute Gasteiger partial charge is 0.271 e. The van der Waals surface area contributed by atoms with E-state index in [1.165, 1.54) is 12.1 Å². The fourth-order valence-electron chi connectivity index (χ4n) is 2.04. The number of benzene rings is 1. The number of nitrogens with one attached hydrogen (secondary N) is 1. The van der Waals surface area contributed by atoms with Gasteiger partial charge in [-0.1, -0.05) is 19.9 Å². The SMILES string of the molecule is Cc1ccc([N+](=O)[O-])cc1NC(=O)CCC(C)(C)CCN. The van der Waals surface area contributed by atoms with Crippen molar-refractivity contribution >= 4 is 17.3 Å². The van der Waals surface area contributed by atoms with E-state index in [-0.39, 0.29) is 17.0 Å². The van der Waals surface area contributed by atoms with E-state index in [1.54, 1.807) is 13.0 Å². The lowest BCUT2D eigenvalue weighted by Gasteiger charge is -2.23. The van der Waals surface area contributed by atoms with E-state index < -0.39 is 4.92 Å². The summed E-state index contributed by atoms with van der Waals surface area (Å²) in [5.41, 5.74) is 6.83. The first-order valence-corrected chi connectivity index (χ1v) is 7.00. The molecule has 116 valence electrons. The molecule has 0 spiro atoms. The maximum Gasteiger partial charge on any atom is 0.271 e. The molecule has 1 rings (SSSR count). The Morgan fingerprint density at radius 1 is 1.38 bits per heavy atom. The van der Waals surface area contributed by atoms with Crippen LogP contribution in [0.1, 0.15) is 38.7 Å². The van der Waals surface area contributed by atoms with E-state index in [0.29, 0.717) is 18.7 Å². The summed E-state index contributed by atoms with van der Waals surface area (Å²) in [7, 11) is 0. The summed E-state index contributed by atoms with van der Waals surface area (Å²) in [5.74, 6) is -0.135. The lowest BCUT2D eigenvalue weighted by Crippen LogP contribution is -2.21. The number of anilines is 1. The van der Waals surface area contributed by atoms with Crippen molar-refractivity contribution in [2.45, 2.75) is 40.0 Å². The molecule has 1 amide bonds. The van der Waals surface area contributed by atoms with Crippen LogP contribution in [0.15, 0.2) is 18.2 Å². The van der Waals surface area contributed by atoms with Crippen LogP contribution in [0.4, 0.5) is 11.4 Å². The lowest BCUT2D eigenvalue weighted by atomic mass is 9.84. The molecule has 0 aliphatic carbocycles. The minimum absolute atomic E-state index is 0.0177. The molecule has 0 bridgehead atoms. The highest BCUT2D eigenvalue weighted by Gasteiger charge is 2.19. The minimum Gasteiger partial charge on any atom is -0.330 e. The van der Waals surface area contributed by atoms with Crippen molar-refractivity contribution in [3.8, 4) is 0 Å². The number of carbonyl (C=O) groups is 1. The summed E-state index contributed by atoms with van der Waals surface area (Å²) >= 11 is 0. The van der Waals surface area contributed by atoms with Crippen LogP contribution in [-0.4, -0.2) is 17.4 Å². The molecule has 0 aromatic heterocycles. The van der Waals surface area contributed by atoms with Gasteiger partial charge in [0.1, 0.15) is 0 Å². The van der Waals surface area contributed by atoms with Gasteiger partial charge in [-0.25, -0.2) is 0 Å². The zero-order valence-corrected chi connectivity index (χ0v) is 12.8. The molecular weight excluding hydrogens is 270 g/mol. The van der Waals surface area contributed by atoms with Crippen LogP contribution in [0.3, 0.4) is 0 Å². The van der Waals surface area contributed by atoms with Gasteiger partial charge in [0, 0.05) is 18.6 Å². The van der Waals surface area contributed by atoms with Gasteiger partial charge in [0.2, 0.25) is 5.91 Å². The first kappa shape index (κ1) is 17.1. The normalized spacial score (nSPS) is 11.2. The molecule has 0 heterocycles. The van der Waals surface area contributed by atoms with Gasteiger partial charge in [-0.05, 0) is 37.3 Å². The summed E-state index contributed by atoms with van der Waals surface area (Å²) < 4.78 is 0. The summed E-state index contributed by atoms with van der Waals surface area (Å²) in [4.78, 5) is 22.3. The van der Waals surface area contributed by atoms with Crippen molar-refractivity contribution in [2.24, 2.45) is 11.1 Å². The number of nitrogens with zero attached hydrogens (tertiary/aromatic N) is 1. The first-order chi connectivity index (χ1) is 9.75.